The Morgan fingerprint density at radius 3 is 2.24 bits per heavy atom. The van der Waals surface area contributed by atoms with Crippen LogP contribution in [0.15, 0.2) is 0 Å². The Hall–Kier alpha value is -2.24. The normalized spacial score (nSPS) is 20.7. The summed E-state index contributed by atoms with van der Waals surface area (Å²) in [4.78, 5) is 49.9. The van der Waals surface area contributed by atoms with Crippen molar-refractivity contribution in [3.63, 3.8) is 0 Å². The van der Waals surface area contributed by atoms with E-state index in [4.69, 9.17) is 5.73 Å². The molecular formula is C18H32N4O7. The van der Waals surface area contributed by atoms with Crippen molar-refractivity contribution in [2.45, 2.75) is 70.3 Å². The van der Waals surface area contributed by atoms with Gasteiger partial charge in [0.15, 0.2) is 0 Å². The number of aliphatic carboxylic acids is 1. The van der Waals surface area contributed by atoms with Crippen LogP contribution in [0.1, 0.15) is 40.0 Å². The molecule has 0 spiro atoms. The van der Waals surface area contributed by atoms with Gasteiger partial charge >= 0.3 is 5.97 Å². The van der Waals surface area contributed by atoms with Crippen LogP contribution in [0.25, 0.3) is 0 Å². The summed E-state index contributed by atoms with van der Waals surface area (Å²) in [6.07, 6.45) is -0.0109. The van der Waals surface area contributed by atoms with Crippen LogP contribution in [0.5, 0.6) is 0 Å². The number of hydrogen-bond acceptors (Lipinski definition) is 7. The van der Waals surface area contributed by atoms with Gasteiger partial charge in [0.2, 0.25) is 17.7 Å². The van der Waals surface area contributed by atoms with Crippen molar-refractivity contribution >= 4 is 23.7 Å². The predicted octanol–water partition coefficient (Wildman–Crippen LogP) is -2.22. The number of likely N-dealkylation sites (tertiary alicyclic amines) is 1. The van der Waals surface area contributed by atoms with Crippen LogP contribution in [-0.2, 0) is 19.2 Å². The van der Waals surface area contributed by atoms with Crippen molar-refractivity contribution in [1.82, 2.24) is 15.5 Å². The minimum absolute atomic E-state index is 0.00903. The SMILES string of the molecule is CC(C)CC(NC(=O)C(CO)NC(=O)C1CCCN1C(=O)C(N)C(C)O)C(=O)O. The number of carboxylic acid groups (broad SMARTS) is 1. The molecular weight excluding hydrogens is 384 g/mol. The van der Waals surface area contributed by atoms with Crippen molar-refractivity contribution in [2.24, 2.45) is 11.7 Å². The molecule has 1 heterocycles. The van der Waals surface area contributed by atoms with Gasteiger partial charge in [-0.3, -0.25) is 14.4 Å². The lowest BCUT2D eigenvalue weighted by atomic mass is 10.0. The molecule has 29 heavy (non-hydrogen) atoms. The molecule has 0 saturated carbocycles. The van der Waals surface area contributed by atoms with Crippen LogP contribution in [0.3, 0.4) is 0 Å². The summed E-state index contributed by atoms with van der Waals surface area (Å²) in [6, 6.07) is -4.57. The molecule has 0 aromatic carbocycles. The standard InChI is InChI=1S/C18H32N4O7/c1-9(2)7-11(18(28)29)20-15(25)12(8-23)21-16(26)13-5-4-6-22(13)17(27)14(19)10(3)24/h9-14,23-24H,4-8,19H2,1-3H3,(H,20,25)(H,21,26)(H,28,29). The number of carboxylic acids is 1. The quantitative estimate of drug-likeness (QED) is 0.231. The number of carbonyl (C=O) groups excluding carboxylic acids is 3. The van der Waals surface area contributed by atoms with Gasteiger partial charge in [-0.1, -0.05) is 13.8 Å². The fourth-order valence-electron chi connectivity index (χ4n) is 3.13. The molecule has 0 bridgehead atoms. The molecule has 5 atom stereocenters. The second kappa shape index (κ2) is 11.1. The Kier molecular flexibility index (Phi) is 9.47. The number of nitrogens with one attached hydrogen (secondary N) is 2. The Morgan fingerprint density at radius 2 is 1.76 bits per heavy atom. The Morgan fingerprint density at radius 1 is 1.14 bits per heavy atom. The molecule has 1 aliphatic rings. The smallest absolute Gasteiger partial charge is 0.326 e. The third-order valence-corrected chi connectivity index (χ3v) is 4.78. The third kappa shape index (κ3) is 6.94. The minimum atomic E-state index is -1.36. The molecule has 0 radical (unpaired) electrons. The van der Waals surface area contributed by atoms with Crippen LogP contribution in [0.2, 0.25) is 0 Å². The number of amides is 3. The van der Waals surface area contributed by atoms with E-state index in [9.17, 15) is 34.5 Å². The maximum Gasteiger partial charge on any atom is 0.326 e. The van der Waals surface area contributed by atoms with E-state index >= 15 is 0 Å². The van der Waals surface area contributed by atoms with Gasteiger partial charge in [0, 0.05) is 6.54 Å². The van der Waals surface area contributed by atoms with E-state index in [2.05, 4.69) is 10.6 Å². The van der Waals surface area contributed by atoms with Gasteiger partial charge in [0.05, 0.1) is 12.7 Å². The van der Waals surface area contributed by atoms with Crippen LogP contribution in [-0.4, -0.2) is 87.3 Å². The van der Waals surface area contributed by atoms with E-state index in [1.165, 1.54) is 11.8 Å². The van der Waals surface area contributed by atoms with Gasteiger partial charge in [0.25, 0.3) is 0 Å². The zero-order valence-electron chi connectivity index (χ0n) is 17.0. The summed E-state index contributed by atoms with van der Waals surface area (Å²) in [5.41, 5.74) is 5.67. The minimum Gasteiger partial charge on any atom is -0.480 e. The summed E-state index contributed by atoms with van der Waals surface area (Å²) in [7, 11) is 0. The van der Waals surface area contributed by atoms with E-state index in [1.54, 1.807) is 13.8 Å². The lowest BCUT2D eigenvalue weighted by Crippen LogP contribution is -2.58. The zero-order valence-corrected chi connectivity index (χ0v) is 17.0. The molecule has 1 rings (SSSR count). The molecule has 0 aromatic rings. The van der Waals surface area contributed by atoms with Crippen LogP contribution in [0, 0.1) is 5.92 Å². The van der Waals surface area contributed by atoms with Gasteiger partial charge in [-0.25, -0.2) is 4.79 Å². The molecule has 1 saturated heterocycles. The van der Waals surface area contributed by atoms with Gasteiger partial charge in [-0.05, 0) is 32.1 Å². The molecule has 0 aliphatic carbocycles. The van der Waals surface area contributed by atoms with E-state index < -0.39 is 60.6 Å². The topological polar surface area (TPSA) is 182 Å². The number of hydrogen-bond donors (Lipinski definition) is 6. The highest BCUT2D eigenvalue weighted by Crippen LogP contribution is 2.19. The number of carbonyl (C=O) groups is 4. The Bertz CT molecular complexity index is 611. The molecule has 3 amide bonds. The molecule has 0 aromatic heterocycles. The molecule has 11 heteroatoms. The molecule has 7 N–H and O–H groups in total. The van der Waals surface area contributed by atoms with Crippen molar-refractivity contribution in [3.05, 3.63) is 0 Å². The largest absolute Gasteiger partial charge is 0.480 e. The first-order valence-corrected chi connectivity index (χ1v) is 9.68. The molecule has 1 aliphatic heterocycles. The van der Waals surface area contributed by atoms with Crippen LogP contribution in [0.4, 0.5) is 0 Å². The van der Waals surface area contributed by atoms with Crippen molar-refractivity contribution in [2.75, 3.05) is 13.2 Å². The van der Waals surface area contributed by atoms with Crippen LogP contribution >= 0.6 is 0 Å². The van der Waals surface area contributed by atoms with E-state index in [1.807, 2.05) is 0 Å². The number of rotatable bonds is 10. The number of nitrogens with zero attached hydrogens (tertiary/aromatic N) is 1. The van der Waals surface area contributed by atoms with Gasteiger partial charge in [-0.15, -0.1) is 0 Å². The van der Waals surface area contributed by atoms with E-state index in [0.29, 0.717) is 12.8 Å². The number of aliphatic hydroxyl groups is 2. The maximum atomic E-state index is 12.6. The first kappa shape index (κ1) is 24.8. The number of aliphatic hydroxyl groups excluding tert-OH is 2. The second-order valence-corrected chi connectivity index (χ2v) is 7.73. The van der Waals surface area contributed by atoms with Gasteiger partial charge in [0.1, 0.15) is 24.2 Å². The fourth-order valence-corrected chi connectivity index (χ4v) is 3.13. The summed E-state index contributed by atoms with van der Waals surface area (Å²) in [5.74, 6) is -3.26. The highest BCUT2D eigenvalue weighted by molar-refractivity contribution is 5.94. The van der Waals surface area contributed by atoms with E-state index in [-0.39, 0.29) is 18.9 Å². The third-order valence-electron chi connectivity index (χ3n) is 4.78. The van der Waals surface area contributed by atoms with Crippen molar-refractivity contribution in [3.8, 4) is 0 Å². The zero-order chi connectivity index (χ0) is 22.3. The average Bonchev–Trinajstić information content (AvgIpc) is 3.13. The first-order valence-electron chi connectivity index (χ1n) is 9.68. The molecule has 1 fully saturated rings. The van der Waals surface area contributed by atoms with Gasteiger partial charge < -0.3 is 36.6 Å². The highest BCUT2D eigenvalue weighted by Gasteiger charge is 2.38. The Balaban J connectivity index is 2.79. The lowest BCUT2D eigenvalue weighted by molar-refractivity contribution is -0.144. The first-order chi connectivity index (χ1) is 13.5. The summed E-state index contributed by atoms with van der Waals surface area (Å²) < 4.78 is 0. The maximum absolute atomic E-state index is 12.6. The summed E-state index contributed by atoms with van der Waals surface area (Å²) in [5, 5.41) is 32.9. The van der Waals surface area contributed by atoms with Crippen LogP contribution < -0.4 is 16.4 Å². The highest BCUT2D eigenvalue weighted by atomic mass is 16.4. The monoisotopic (exact) mass is 416 g/mol. The molecule has 11 nitrogen and oxygen atoms in total. The fraction of sp³-hybridized carbons (Fsp3) is 0.778. The lowest BCUT2D eigenvalue weighted by Gasteiger charge is -2.29. The Labute approximate surface area is 169 Å². The van der Waals surface area contributed by atoms with E-state index in [0.717, 1.165) is 0 Å². The van der Waals surface area contributed by atoms with Gasteiger partial charge in [-0.2, -0.15) is 0 Å². The van der Waals surface area contributed by atoms with Crippen molar-refractivity contribution in [1.29, 1.82) is 0 Å². The summed E-state index contributed by atoms with van der Waals surface area (Å²) >= 11 is 0. The molecule has 166 valence electrons. The van der Waals surface area contributed by atoms with Crippen molar-refractivity contribution < 1.29 is 34.5 Å². The number of nitrogens with two attached hydrogens (primary N) is 1. The molecule has 5 unspecified atom stereocenters. The second-order valence-electron chi connectivity index (χ2n) is 7.73. The predicted molar refractivity (Wildman–Crippen MR) is 102 cm³/mol. The average molecular weight is 416 g/mol. The summed E-state index contributed by atoms with van der Waals surface area (Å²) in [6.45, 7) is 4.52.